The SMILES string of the molecule is O=C(Cc1ccccc1)NC(=S)Nc1ccc(Oc2ccnc(NC(=O)N3CCCCC3)c2)cc1Cl. The molecular formula is C26H26ClN5O3S. The van der Waals surface area contributed by atoms with Crippen LogP contribution in [0.5, 0.6) is 11.5 Å². The third-order valence-corrected chi connectivity index (χ3v) is 6.01. The van der Waals surface area contributed by atoms with Gasteiger partial charge in [0.15, 0.2) is 5.11 Å². The van der Waals surface area contributed by atoms with Crippen molar-refractivity contribution in [2.45, 2.75) is 25.7 Å². The number of hydrogen-bond acceptors (Lipinski definition) is 5. The molecule has 0 bridgehead atoms. The molecule has 3 N–H and O–H groups in total. The standard InChI is InChI=1S/C26H26ClN5O3S/c27-21-16-19(9-10-22(21)29-25(36)31-24(33)15-18-7-3-1-4-8-18)35-20-11-12-28-23(17-20)30-26(34)32-13-5-2-6-14-32/h1,3-4,7-12,16-17H,2,5-6,13-15H2,(H,28,30,34)(H2,29,31,33,36). The average molecular weight is 524 g/mol. The number of carbonyl (C=O) groups is 2. The van der Waals surface area contributed by atoms with Crippen molar-refractivity contribution in [1.29, 1.82) is 0 Å². The van der Waals surface area contributed by atoms with Gasteiger partial charge in [0.1, 0.15) is 17.3 Å². The lowest BCUT2D eigenvalue weighted by molar-refractivity contribution is -0.119. The van der Waals surface area contributed by atoms with E-state index in [1.807, 2.05) is 30.3 Å². The summed E-state index contributed by atoms with van der Waals surface area (Å²) < 4.78 is 5.90. The Morgan fingerprint density at radius 3 is 2.47 bits per heavy atom. The van der Waals surface area contributed by atoms with Gasteiger partial charge < -0.3 is 20.3 Å². The number of aromatic nitrogens is 1. The maximum Gasteiger partial charge on any atom is 0.323 e. The summed E-state index contributed by atoms with van der Waals surface area (Å²) in [6.45, 7) is 1.50. The summed E-state index contributed by atoms with van der Waals surface area (Å²) in [6.07, 6.45) is 4.96. The molecule has 186 valence electrons. The molecule has 1 fully saturated rings. The third kappa shape index (κ3) is 7.40. The minimum absolute atomic E-state index is 0.148. The largest absolute Gasteiger partial charge is 0.457 e. The van der Waals surface area contributed by atoms with Crippen molar-refractivity contribution >= 4 is 52.4 Å². The van der Waals surface area contributed by atoms with E-state index < -0.39 is 0 Å². The number of hydrogen-bond donors (Lipinski definition) is 3. The second kappa shape index (κ2) is 12.3. The number of pyridine rings is 1. The highest BCUT2D eigenvalue weighted by atomic mass is 35.5. The van der Waals surface area contributed by atoms with Gasteiger partial charge in [0.25, 0.3) is 0 Å². The highest BCUT2D eigenvalue weighted by Gasteiger charge is 2.17. The molecule has 0 radical (unpaired) electrons. The molecule has 0 spiro atoms. The number of halogens is 1. The smallest absolute Gasteiger partial charge is 0.323 e. The zero-order valence-corrected chi connectivity index (χ0v) is 21.1. The van der Waals surface area contributed by atoms with E-state index in [0.29, 0.717) is 28.0 Å². The second-order valence-electron chi connectivity index (χ2n) is 8.26. The number of urea groups is 1. The molecule has 1 aromatic heterocycles. The van der Waals surface area contributed by atoms with E-state index >= 15 is 0 Å². The lowest BCUT2D eigenvalue weighted by Crippen LogP contribution is -2.38. The molecule has 36 heavy (non-hydrogen) atoms. The molecule has 1 aliphatic rings. The first-order chi connectivity index (χ1) is 17.5. The van der Waals surface area contributed by atoms with Crippen molar-refractivity contribution < 1.29 is 14.3 Å². The van der Waals surface area contributed by atoms with Gasteiger partial charge in [0.2, 0.25) is 5.91 Å². The van der Waals surface area contributed by atoms with Crippen molar-refractivity contribution in [3.63, 3.8) is 0 Å². The Morgan fingerprint density at radius 1 is 0.972 bits per heavy atom. The van der Waals surface area contributed by atoms with E-state index in [2.05, 4.69) is 20.9 Å². The summed E-state index contributed by atoms with van der Waals surface area (Å²) in [5, 5.41) is 8.91. The summed E-state index contributed by atoms with van der Waals surface area (Å²) in [5.41, 5.74) is 1.42. The maximum atomic E-state index is 12.4. The first-order valence-electron chi connectivity index (χ1n) is 11.6. The lowest BCUT2D eigenvalue weighted by Gasteiger charge is -2.26. The average Bonchev–Trinajstić information content (AvgIpc) is 2.87. The van der Waals surface area contributed by atoms with Gasteiger partial charge >= 0.3 is 6.03 Å². The molecule has 0 saturated carbocycles. The Balaban J connectivity index is 1.31. The molecule has 3 aromatic rings. The Labute approximate surface area is 220 Å². The van der Waals surface area contributed by atoms with Gasteiger partial charge in [0.05, 0.1) is 17.1 Å². The number of amides is 3. The second-order valence-corrected chi connectivity index (χ2v) is 9.08. The fraction of sp³-hybridized carbons (Fsp3) is 0.231. The van der Waals surface area contributed by atoms with Crippen molar-refractivity contribution in [2.24, 2.45) is 0 Å². The van der Waals surface area contributed by atoms with Crippen LogP contribution in [-0.2, 0) is 11.2 Å². The summed E-state index contributed by atoms with van der Waals surface area (Å²) in [7, 11) is 0. The number of thiocarbonyl (C=S) groups is 1. The number of benzene rings is 2. The predicted molar refractivity (Wildman–Crippen MR) is 145 cm³/mol. The number of nitrogens with one attached hydrogen (secondary N) is 3. The van der Waals surface area contributed by atoms with Gasteiger partial charge in [-0.2, -0.15) is 0 Å². The van der Waals surface area contributed by atoms with Crippen LogP contribution in [0.15, 0.2) is 66.9 Å². The topological polar surface area (TPSA) is 95.6 Å². The van der Waals surface area contributed by atoms with Crippen molar-refractivity contribution in [1.82, 2.24) is 15.2 Å². The zero-order valence-electron chi connectivity index (χ0n) is 19.5. The van der Waals surface area contributed by atoms with E-state index in [-0.39, 0.29) is 23.5 Å². The Bertz CT molecular complexity index is 1240. The number of piperidine rings is 1. The molecule has 10 heteroatoms. The van der Waals surface area contributed by atoms with Gasteiger partial charge in [-0.3, -0.25) is 10.1 Å². The van der Waals surface area contributed by atoms with Gasteiger partial charge in [-0.25, -0.2) is 9.78 Å². The molecule has 0 unspecified atom stereocenters. The number of rotatable bonds is 6. The van der Waals surface area contributed by atoms with Crippen molar-refractivity contribution in [2.75, 3.05) is 23.7 Å². The summed E-state index contributed by atoms with van der Waals surface area (Å²) in [5.74, 6) is 1.17. The molecule has 3 amide bonds. The molecule has 2 heterocycles. The van der Waals surface area contributed by atoms with Crippen LogP contribution in [-0.4, -0.2) is 40.0 Å². The molecular weight excluding hydrogens is 498 g/mol. The monoisotopic (exact) mass is 523 g/mol. The fourth-order valence-corrected chi connectivity index (χ4v) is 4.17. The summed E-state index contributed by atoms with van der Waals surface area (Å²) >= 11 is 11.6. The highest BCUT2D eigenvalue weighted by Crippen LogP contribution is 2.30. The number of anilines is 2. The highest BCUT2D eigenvalue weighted by molar-refractivity contribution is 7.80. The van der Waals surface area contributed by atoms with Crippen LogP contribution in [0.1, 0.15) is 24.8 Å². The fourth-order valence-electron chi connectivity index (χ4n) is 3.73. The van der Waals surface area contributed by atoms with Crippen LogP contribution in [0.25, 0.3) is 0 Å². The van der Waals surface area contributed by atoms with E-state index in [4.69, 9.17) is 28.6 Å². The number of ether oxygens (including phenoxy) is 1. The van der Waals surface area contributed by atoms with E-state index in [9.17, 15) is 9.59 Å². The number of nitrogens with zero attached hydrogens (tertiary/aromatic N) is 2. The molecule has 1 aliphatic heterocycles. The third-order valence-electron chi connectivity index (χ3n) is 5.49. The summed E-state index contributed by atoms with van der Waals surface area (Å²) in [6, 6.07) is 17.6. The van der Waals surface area contributed by atoms with Gasteiger partial charge in [-0.05, 0) is 55.2 Å². The van der Waals surface area contributed by atoms with E-state index in [1.54, 1.807) is 41.4 Å². The van der Waals surface area contributed by atoms with Gasteiger partial charge in [0, 0.05) is 31.4 Å². The molecule has 1 saturated heterocycles. The Morgan fingerprint density at radius 2 is 1.72 bits per heavy atom. The van der Waals surface area contributed by atoms with Crippen LogP contribution in [0, 0.1) is 0 Å². The Hall–Kier alpha value is -3.69. The number of carbonyl (C=O) groups excluding carboxylic acids is 2. The molecule has 2 aromatic carbocycles. The molecule has 4 rings (SSSR count). The first kappa shape index (κ1) is 25.4. The van der Waals surface area contributed by atoms with Crippen LogP contribution < -0.4 is 20.7 Å². The molecule has 0 aliphatic carbocycles. The quantitative estimate of drug-likeness (QED) is 0.364. The van der Waals surface area contributed by atoms with Crippen molar-refractivity contribution in [3.05, 3.63) is 77.4 Å². The van der Waals surface area contributed by atoms with Crippen LogP contribution in [0.4, 0.5) is 16.3 Å². The maximum absolute atomic E-state index is 12.4. The predicted octanol–water partition coefficient (Wildman–Crippen LogP) is 5.60. The van der Waals surface area contributed by atoms with Crippen LogP contribution in [0.2, 0.25) is 5.02 Å². The minimum Gasteiger partial charge on any atom is -0.457 e. The van der Waals surface area contributed by atoms with Gasteiger partial charge in [-0.1, -0.05) is 41.9 Å². The van der Waals surface area contributed by atoms with Crippen LogP contribution >= 0.6 is 23.8 Å². The van der Waals surface area contributed by atoms with E-state index in [1.165, 1.54) is 0 Å². The molecule has 8 nitrogen and oxygen atoms in total. The first-order valence-corrected chi connectivity index (χ1v) is 12.4. The summed E-state index contributed by atoms with van der Waals surface area (Å²) in [4.78, 5) is 30.6. The Kier molecular flexibility index (Phi) is 8.70. The molecule has 0 atom stereocenters. The van der Waals surface area contributed by atoms with E-state index in [0.717, 1.165) is 37.9 Å². The number of likely N-dealkylation sites (tertiary alicyclic amines) is 1. The zero-order chi connectivity index (χ0) is 25.3. The normalized spacial score (nSPS) is 13.0. The van der Waals surface area contributed by atoms with Gasteiger partial charge in [-0.15, -0.1) is 0 Å². The minimum atomic E-state index is -0.226. The van der Waals surface area contributed by atoms with Crippen molar-refractivity contribution in [3.8, 4) is 11.5 Å². The lowest BCUT2D eigenvalue weighted by atomic mass is 10.1. The van der Waals surface area contributed by atoms with Crippen LogP contribution in [0.3, 0.4) is 0 Å².